The number of fused-ring (bicyclic) bond motifs is 1. The van der Waals surface area contributed by atoms with Crippen LogP contribution in [0, 0.1) is 6.92 Å². The average Bonchev–Trinajstić information content (AvgIpc) is 3.35. The van der Waals surface area contributed by atoms with Gasteiger partial charge in [0.1, 0.15) is 4.83 Å². The molecule has 0 aliphatic carbocycles. The van der Waals surface area contributed by atoms with Crippen molar-refractivity contribution in [3.63, 3.8) is 0 Å². The zero-order valence-corrected chi connectivity index (χ0v) is 19.0. The van der Waals surface area contributed by atoms with Crippen LogP contribution in [0.4, 0.5) is 5.69 Å². The van der Waals surface area contributed by atoms with Crippen molar-refractivity contribution in [2.24, 2.45) is 0 Å². The zero-order valence-electron chi connectivity index (χ0n) is 16.6. The maximum Gasteiger partial charge on any atom is 0.264 e. The summed E-state index contributed by atoms with van der Waals surface area (Å²) in [6.45, 7) is 5.18. The number of hydrogen-bond acceptors (Lipinski definition) is 4. The zero-order chi connectivity index (χ0) is 20.7. The van der Waals surface area contributed by atoms with E-state index in [0.29, 0.717) is 0 Å². The van der Waals surface area contributed by atoms with Gasteiger partial charge in [-0.2, -0.15) is 5.10 Å². The van der Waals surface area contributed by atoms with Crippen LogP contribution in [-0.2, 0) is 0 Å². The number of benzene rings is 2. The van der Waals surface area contributed by atoms with Crippen LogP contribution in [0.25, 0.3) is 15.9 Å². The van der Waals surface area contributed by atoms with Crippen molar-refractivity contribution >= 4 is 49.1 Å². The van der Waals surface area contributed by atoms with Gasteiger partial charge in [-0.25, -0.2) is 4.68 Å². The van der Waals surface area contributed by atoms with Gasteiger partial charge in [0.2, 0.25) is 0 Å². The number of amides is 1. The molecule has 0 N–H and O–H groups in total. The second-order valence-corrected chi connectivity index (χ2v) is 9.36. The van der Waals surface area contributed by atoms with Gasteiger partial charge in [0.05, 0.1) is 16.3 Å². The summed E-state index contributed by atoms with van der Waals surface area (Å²) in [7, 11) is 0. The smallest absolute Gasteiger partial charge is 0.264 e. The molecule has 0 atom stereocenters. The van der Waals surface area contributed by atoms with E-state index in [2.05, 4.69) is 50.2 Å². The van der Waals surface area contributed by atoms with Crippen LogP contribution in [0.1, 0.15) is 15.4 Å². The molecule has 152 valence electrons. The molecule has 1 aliphatic heterocycles. The fraction of sp³-hybridized carbons (Fsp3) is 0.217. The Labute approximate surface area is 187 Å². The van der Waals surface area contributed by atoms with Gasteiger partial charge in [0.15, 0.2) is 0 Å². The Kier molecular flexibility index (Phi) is 5.08. The van der Waals surface area contributed by atoms with E-state index >= 15 is 0 Å². The third-order valence-corrected chi connectivity index (χ3v) is 7.14. The quantitative estimate of drug-likeness (QED) is 0.408. The lowest BCUT2D eigenvalue weighted by Crippen LogP contribution is -2.48. The fourth-order valence-corrected chi connectivity index (χ4v) is 5.29. The second kappa shape index (κ2) is 7.89. The first-order valence-corrected chi connectivity index (χ1v) is 11.6. The van der Waals surface area contributed by atoms with Crippen LogP contribution in [0.15, 0.2) is 65.1 Å². The number of hydrogen-bond donors (Lipinski definition) is 0. The first-order valence-electron chi connectivity index (χ1n) is 9.94. The molecule has 1 amide bonds. The molecule has 0 saturated carbocycles. The Morgan fingerprint density at radius 1 is 0.967 bits per heavy atom. The van der Waals surface area contributed by atoms with Gasteiger partial charge in [-0.1, -0.05) is 34.1 Å². The van der Waals surface area contributed by atoms with E-state index in [1.165, 1.54) is 17.0 Å². The molecule has 30 heavy (non-hydrogen) atoms. The fourth-order valence-electron chi connectivity index (χ4n) is 3.87. The third kappa shape index (κ3) is 3.52. The summed E-state index contributed by atoms with van der Waals surface area (Å²) < 4.78 is 2.97. The number of nitrogens with zero attached hydrogens (tertiary/aromatic N) is 4. The highest BCUT2D eigenvalue weighted by atomic mass is 79.9. The van der Waals surface area contributed by atoms with Crippen LogP contribution in [0.2, 0.25) is 0 Å². The summed E-state index contributed by atoms with van der Waals surface area (Å²) in [6, 6.07) is 20.5. The number of carbonyl (C=O) groups is 1. The predicted octanol–water partition coefficient (Wildman–Crippen LogP) is 5.12. The lowest BCUT2D eigenvalue weighted by molar-refractivity contribution is 0.0751. The van der Waals surface area contributed by atoms with Crippen molar-refractivity contribution < 1.29 is 4.79 Å². The predicted molar refractivity (Wildman–Crippen MR) is 126 cm³/mol. The molecule has 4 aromatic rings. The topological polar surface area (TPSA) is 41.4 Å². The minimum atomic E-state index is 0.116. The minimum Gasteiger partial charge on any atom is -0.368 e. The maximum atomic E-state index is 13.2. The van der Waals surface area contributed by atoms with Crippen LogP contribution >= 0.6 is 27.3 Å². The van der Waals surface area contributed by atoms with E-state index in [-0.39, 0.29) is 5.91 Å². The molecule has 2 aromatic carbocycles. The van der Waals surface area contributed by atoms with Crippen LogP contribution in [0.5, 0.6) is 0 Å². The highest BCUT2D eigenvalue weighted by Gasteiger charge is 2.25. The molecular formula is C23H21BrN4OS. The van der Waals surface area contributed by atoms with Gasteiger partial charge in [0.25, 0.3) is 5.91 Å². The van der Waals surface area contributed by atoms with Gasteiger partial charge < -0.3 is 9.80 Å². The number of carbonyl (C=O) groups excluding carboxylic acids is 1. The maximum absolute atomic E-state index is 13.2. The number of piperazine rings is 1. The largest absolute Gasteiger partial charge is 0.368 e. The summed E-state index contributed by atoms with van der Waals surface area (Å²) in [5, 5.41) is 5.74. The molecule has 1 saturated heterocycles. The number of anilines is 1. The molecule has 1 fully saturated rings. The van der Waals surface area contributed by atoms with Crippen LogP contribution in [0.3, 0.4) is 0 Å². The van der Waals surface area contributed by atoms with Crippen molar-refractivity contribution in [3.8, 4) is 5.69 Å². The number of aryl methyl sites for hydroxylation is 1. The van der Waals surface area contributed by atoms with Gasteiger partial charge >= 0.3 is 0 Å². The van der Waals surface area contributed by atoms with Crippen molar-refractivity contribution in [2.45, 2.75) is 6.92 Å². The highest BCUT2D eigenvalue weighted by molar-refractivity contribution is 9.10. The van der Waals surface area contributed by atoms with E-state index in [0.717, 1.165) is 57.1 Å². The first kappa shape index (κ1) is 19.3. The van der Waals surface area contributed by atoms with Crippen molar-refractivity contribution in [3.05, 3.63) is 75.7 Å². The van der Waals surface area contributed by atoms with Crippen molar-refractivity contribution in [1.82, 2.24) is 14.7 Å². The SMILES string of the molecule is Cc1nn(-c2ccc(Br)cc2)c2sc(C(=O)N3CCN(c4ccccc4)CC3)cc12. The standard InChI is InChI=1S/C23H21BrN4OS/c1-16-20-15-21(30-23(20)28(25-16)19-9-7-17(24)8-10-19)22(29)27-13-11-26(12-14-27)18-5-3-2-4-6-18/h2-10,15H,11-14H2,1H3. The molecule has 1 aliphatic rings. The Bertz CT molecular complexity index is 1190. The number of para-hydroxylation sites is 1. The number of aromatic nitrogens is 2. The number of rotatable bonds is 3. The van der Waals surface area contributed by atoms with E-state index < -0.39 is 0 Å². The van der Waals surface area contributed by atoms with Gasteiger partial charge in [-0.15, -0.1) is 11.3 Å². The molecular weight excluding hydrogens is 460 g/mol. The Morgan fingerprint density at radius 3 is 2.37 bits per heavy atom. The molecule has 3 heterocycles. The summed E-state index contributed by atoms with van der Waals surface area (Å²) in [6.07, 6.45) is 0. The van der Waals surface area contributed by atoms with Gasteiger partial charge in [-0.05, 0) is 49.4 Å². The Hall–Kier alpha value is -2.64. The molecule has 0 spiro atoms. The van der Waals surface area contributed by atoms with Crippen LogP contribution < -0.4 is 4.90 Å². The van der Waals surface area contributed by atoms with E-state index in [1.54, 1.807) is 0 Å². The molecule has 5 rings (SSSR count). The summed E-state index contributed by atoms with van der Waals surface area (Å²) in [5.41, 5.74) is 3.16. The first-order chi connectivity index (χ1) is 14.6. The summed E-state index contributed by atoms with van der Waals surface area (Å²) >= 11 is 5.01. The van der Waals surface area contributed by atoms with E-state index in [9.17, 15) is 4.79 Å². The van der Waals surface area contributed by atoms with Crippen LogP contribution in [-0.4, -0.2) is 46.8 Å². The van der Waals surface area contributed by atoms with Gasteiger partial charge in [0, 0.05) is 41.7 Å². The Balaban J connectivity index is 1.37. The van der Waals surface area contributed by atoms with E-state index in [4.69, 9.17) is 0 Å². The molecule has 0 unspecified atom stereocenters. The molecule has 2 aromatic heterocycles. The lowest BCUT2D eigenvalue weighted by atomic mass is 10.2. The second-order valence-electron chi connectivity index (χ2n) is 7.42. The summed E-state index contributed by atoms with van der Waals surface area (Å²) in [5.74, 6) is 0.116. The van der Waals surface area contributed by atoms with E-state index in [1.807, 2.05) is 52.9 Å². The minimum absolute atomic E-state index is 0.116. The number of thiophene rings is 1. The lowest BCUT2D eigenvalue weighted by Gasteiger charge is -2.35. The third-order valence-electron chi connectivity index (χ3n) is 5.51. The number of halogens is 1. The van der Waals surface area contributed by atoms with Gasteiger partial charge in [-0.3, -0.25) is 4.79 Å². The highest BCUT2D eigenvalue weighted by Crippen LogP contribution is 2.31. The Morgan fingerprint density at radius 2 is 1.67 bits per heavy atom. The summed E-state index contributed by atoms with van der Waals surface area (Å²) in [4.78, 5) is 19.3. The average molecular weight is 481 g/mol. The van der Waals surface area contributed by atoms with Crippen molar-refractivity contribution in [2.75, 3.05) is 31.1 Å². The van der Waals surface area contributed by atoms with Crippen molar-refractivity contribution in [1.29, 1.82) is 0 Å². The molecule has 0 radical (unpaired) electrons. The molecule has 7 heteroatoms. The molecule has 5 nitrogen and oxygen atoms in total. The monoisotopic (exact) mass is 480 g/mol. The normalized spacial score (nSPS) is 14.5. The molecule has 0 bridgehead atoms.